The van der Waals surface area contributed by atoms with E-state index < -0.39 is 0 Å². The summed E-state index contributed by atoms with van der Waals surface area (Å²) in [6.45, 7) is 12.8. The van der Waals surface area contributed by atoms with Crippen LogP contribution in [-0.2, 0) is 4.74 Å². The molecule has 2 saturated heterocycles. The van der Waals surface area contributed by atoms with Gasteiger partial charge >= 0.3 is 0 Å². The minimum absolute atomic E-state index is 0.575. The Morgan fingerprint density at radius 3 is 2.71 bits per heavy atom. The van der Waals surface area contributed by atoms with Gasteiger partial charge in [0.1, 0.15) is 0 Å². The second-order valence-corrected chi connectivity index (χ2v) is 6.44. The van der Waals surface area contributed by atoms with Crippen LogP contribution in [0.4, 0.5) is 0 Å². The van der Waals surface area contributed by atoms with E-state index in [0.29, 0.717) is 5.41 Å². The van der Waals surface area contributed by atoms with Gasteiger partial charge in [0.15, 0.2) is 0 Å². The Labute approximate surface area is 106 Å². The average molecular weight is 240 g/mol. The molecule has 2 aliphatic rings. The van der Waals surface area contributed by atoms with Gasteiger partial charge in [0.05, 0.1) is 6.61 Å². The van der Waals surface area contributed by atoms with E-state index in [9.17, 15) is 0 Å². The number of rotatable bonds is 5. The predicted molar refractivity (Wildman–Crippen MR) is 71.3 cm³/mol. The molecule has 100 valence electrons. The molecule has 0 aliphatic carbocycles. The van der Waals surface area contributed by atoms with Gasteiger partial charge in [0.2, 0.25) is 0 Å². The number of hydrogen-bond donors (Lipinski definition) is 1. The highest BCUT2D eigenvalue weighted by atomic mass is 16.5. The van der Waals surface area contributed by atoms with Crippen LogP contribution in [0.25, 0.3) is 0 Å². The molecule has 0 bridgehead atoms. The second kappa shape index (κ2) is 6.17. The minimum atomic E-state index is 0.575. The fraction of sp³-hybridized carbons (Fsp3) is 1.00. The van der Waals surface area contributed by atoms with Gasteiger partial charge in [-0.15, -0.1) is 0 Å². The zero-order chi connectivity index (χ0) is 12.1. The fourth-order valence-corrected chi connectivity index (χ4v) is 2.67. The molecule has 2 aliphatic heterocycles. The molecule has 0 amide bonds. The third-order valence-corrected chi connectivity index (χ3v) is 4.27. The van der Waals surface area contributed by atoms with E-state index in [1.54, 1.807) is 0 Å². The normalized spacial score (nSPS) is 29.6. The number of piperidine rings is 1. The lowest BCUT2D eigenvalue weighted by molar-refractivity contribution is 0.133. The van der Waals surface area contributed by atoms with Gasteiger partial charge in [-0.2, -0.15) is 0 Å². The molecule has 2 fully saturated rings. The van der Waals surface area contributed by atoms with Crippen LogP contribution in [0.2, 0.25) is 0 Å². The van der Waals surface area contributed by atoms with Crippen molar-refractivity contribution in [2.45, 2.75) is 33.1 Å². The van der Waals surface area contributed by atoms with Gasteiger partial charge in [-0.3, -0.25) is 0 Å². The molecule has 0 spiro atoms. The molecule has 17 heavy (non-hydrogen) atoms. The van der Waals surface area contributed by atoms with E-state index in [-0.39, 0.29) is 0 Å². The largest absolute Gasteiger partial charge is 0.381 e. The molecule has 2 rings (SSSR count). The maximum Gasteiger partial charge on any atom is 0.0507 e. The summed E-state index contributed by atoms with van der Waals surface area (Å²) in [6.07, 6.45) is 3.94. The van der Waals surface area contributed by atoms with Crippen molar-refractivity contribution in [3.63, 3.8) is 0 Å². The molecule has 0 saturated carbocycles. The van der Waals surface area contributed by atoms with Crippen LogP contribution in [-0.4, -0.2) is 50.8 Å². The molecule has 1 atom stereocenters. The van der Waals surface area contributed by atoms with Gasteiger partial charge < -0.3 is 15.0 Å². The Kier molecular flexibility index (Phi) is 4.83. The first-order valence-electron chi connectivity index (χ1n) is 7.16. The highest BCUT2D eigenvalue weighted by molar-refractivity contribution is 4.78. The number of nitrogens with one attached hydrogen (secondary N) is 1. The van der Waals surface area contributed by atoms with E-state index >= 15 is 0 Å². The Hall–Kier alpha value is -0.120. The van der Waals surface area contributed by atoms with Gasteiger partial charge in [0.25, 0.3) is 0 Å². The van der Waals surface area contributed by atoms with Gasteiger partial charge in [-0.1, -0.05) is 13.8 Å². The average Bonchev–Trinajstić information content (AvgIpc) is 2.79. The Morgan fingerprint density at radius 1 is 1.29 bits per heavy atom. The third kappa shape index (κ3) is 4.57. The van der Waals surface area contributed by atoms with Crippen LogP contribution in [0.5, 0.6) is 0 Å². The maximum absolute atomic E-state index is 5.38. The first-order chi connectivity index (χ1) is 8.16. The summed E-state index contributed by atoms with van der Waals surface area (Å²) in [5.41, 5.74) is 0.575. The lowest BCUT2D eigenvalue weighted by Gasteiger charge is -2.36. The third-order valence-electron chi connectivity index (χ3n) is 4.27. The lowest BCUT2D eigenvalue weighted by Crippen LogP contribution is -2.41. The van der Waals surface area contributed by atoms with Crippen molar-refractivity contribution in [3.8, 4) is 0 Å². The monoisotopic (exact) mass is 240 g/mol. The summed E-state index contributed by atoms with van der Waals surface area (Å²) in [7, 11) is 0. The first kappa shape index (κ1) is 13.3. The second-order valence-electron chi connectivity index (χ2n) is 6.44. The Morgan fingerprint density at radius 2 is 2.06 bits per heavy atom. The van der Waals surface area contributed by atoms with E-state index in [4.69, 9.17) is 4.74 Å². The molecule has 1 unspecified atom stereocenters. The summed E-state index contributed by atoms with van der Waals surface area (Å²) in [5.74, 6) is 0.760. The molecule has 3 heteroatoms. The number of ether oxygens (including phenoxy) is 1. The van der Waals surface area contributed by atoms with Crippen molar-refractivity contribution in [2.24, 2.45) is 11.3 Å². The van der Waals surface area contributed by atoms with Crippen molar-refractivity contribution < 1.29 is 4.74 Å². The zero-order valence-electron chi connectivity index (χ0n) is 11.5. The summed E-state index contributed by atoms with van der Waals surface area (Å²) in [6, 6.07) is 0. The maximum atomic E-state index is 5.38. The molecule has 2 heterocycles. The van der Waals surface area contributed by atoms with E-state index in [2.05, 4.69) is 24.1 Å². The SMILES string of the molecule is CC1(C)CCN(CCNCC2CCOC2)CC1. The van der Waals surface area contributed by atoms with Crippen LogP contribution in [0.15, 0.2) is 0 Å². The van der Waals surface area contributed by atoms with Gasteiger partial charge in [-0.25, -0.2) is 0 Å². The van der Waals surface area contributed by atoms with Crippen LogP contribution in [0.3, 0.4) is 0 Å². The molecular formula is C14H28N2O. The Bertz CT molecular complexity index is 214. The van der Waals surface area contributed by atoms with Crippen LogP contribution in [0, 0.1) is 11.3 Å². The first-order valence-corrected chi connectivity index (χ1v) is 7.16. The standard InChI is InChI=1S/C14H28N2O/c1-14(2)4-7-16(8-5-14)9-6-15-11-13-3-10-17-12-13/h13,15H,3-12H2,1-2H3. The van der Waals surface area contributed by atoms with Crippen molar-refractivity contribution in [2.75, 3.05) is 45.9 Å². The number of nitrogens with zero attached hydrogens (tertiary/aromatic N) is 1. The van der Waals surface area contributed by atoms with E-state index in [1.807, 2.05) is 0 Å². The van der Waals surface area contributed by atoms with Crippen LogP contribution in [0.1, 0.15) is 33.1 Å². The summed E-state index contributed by atoms with van der Waals surface area (Å²) in [4.78, 5) is 2.60. The molecule has 1 N–H and O–H groups in total. The topological polar surface area (TPSA) is 24.5 Å². The molecule has 0 aromatic rings. The molecule has 0 aromatic heterocycles. The van der Waals surface area contributed by atoms with Crippen molar-refractivity contribution in [1.29, 1.82) is 0 Å². The van der Waals surface area contributed by atoms with Crippen LogP contribution < -0.4 is 5.32 Å². The van der Waals surface area contributed by atoms with Gasteiger partial charge in [-0.05, 0) is 43.7 Å². The van der Waals surface area contributed by atoms with E-state index in [0.717, 1.165) is 32.2 Å². The lowest BCUT2D eigenvalue weighted by atomic mass is 9.83. The Balaban J connectivity index is 1.51. The molecule has 3 nitrogen and oxygen atoms in total. The molecule has 0 aromatic carbocycles. The van der Waals surface area contributed by atoms with E-state index in [1.165, 1.54) is 38.9 Å². The van der Waals surface area contributed by atoms with Crippen LogP contribution >= 0.6 is 0 Å². The minimum Gasteiger partial charge on any atom is -0.381 e. The summed E-state index contributed by atoms with van der Waals surface area (Å²) >= 11 is 0. The fourth-order valence-electron chi connectivity index (χ4n) is 2.67. The highest BCUT2D eigenvalue weighted by Gasteiger charge is 2.24. The highest BCUT2D eigenvalue weighted by Crippen LogP contribution is 2.29. The number of hydrogen-bond acceptors (Lipinski definition) is 3. The van der Waals surface area contributed by atoms with Gasteiger partial charge in [0, 0.05) is 26.2 Å². The molecular weight excluding hydrogens is 212 g/mol. The van der Waals surface area contributed by atoms with Crippen molar-refractivity contribution >= 4 is 0 Å². The van der Waals surface area contributed by atoms with Crippen molar-refractivity contribution in [3.05, 3.63) is 0 Å². The predicted octanol–water partition coefficient (Wildman–Crippen LogP) is 1.73. The zero-order valence-corrected chi connectivity index (χ0v) is 11.5. The number of likely N-dealkylation sites (tertiary alicyclic amines) is 1. The molecule has 0 radical (unpaired) electrons. The summed E-state index contributed by atoms with van der Waals surface area (Å²) in [5, 5.41) is 3.57. The smallest absolute Gasteiger partial charge is 0.0507 e. The van der Waals surface area contributed by atoms with Crippen molar-refractivity contribution in [1.82, 2.24) is 10.2 Å². The summed E-state index contributed by atoms with van der Waals surface area (Å²) < 4.78 is 5.38. The quantitative estimate of drug-likeness (QED) is 0.741.